The Labute approximate surface area is 167 Å². The minimum atomic E-state index is 0.829. The van der Waals surface area contributed by atoms with E-state index in [4.69, 9.17) is 4.99 Å². The number of H-pyrrole nitrogens is 1. The highest BCUT2D eigenvalue weighted by atomic mass is 15.2. The summed E-state index contributed by atoms with van der Waals surface area (Å²) in [5.41, 5.74) is 3.83. The van der Waals surface area contributed by atoms with Crippen molar-refractivity contribution in [3.63, 3.8) is 0 Å². The van der Waals surface area contributed by atoms with E-state index in [2.05, 4.69) is 63.4 Å². The van der Waals surface area contributed by atoms with Crippen molar-refractivity contribution in [2.45, 2.75) is 46.6 Å². The first-order valence-corrected chi connectivity index (χ1v) is 10.2. The van der Waals surface area contributed by atoms with Crippen molar-refractivity contribution in [2.24, 2.45) is 4.99 Å². The molecule has 3 aromatic rings. The fraction of sp³-hybridized carbons (Fsp3) is 0.455. The second kappa shape index (κ2) is 9.97. The van der Waals surface area contributed by atoms with Crippen molar-refractivity contribution in [3.8, 4) is 0 Å². The lowest BCUT2D eigenvalue weighted by Crippen LogP contribution is -2.38. The van der Waals surface area contributed by atoms with Gasteiger partial charge in [0.2, 0.25) is 0 Å². The van der Waals surface area contributed by atoms with Gasteiger partial charge in [0.25, 0.3) is 0 Å². The molecular formula is C22H32N6. The Kier molecular flexibility index (Phi) is 7.12. The van der Waals surface area contributed by atoms with Crippen molar-refractivity contribution in [3.05, 3.63) is 53.7 Å². The van der Waals surface area contributed by atoms with Gasteiger partial charge in [-0.2, -0.15) is 0 Å². The molecular weight excluding hydrogens is 348 g/mol. The van der Waals surface area contributed by atoms with Crippen LogP contribution in [0.3, 0.4) is 0 Å². The summed E-state index contributed by atoms with van der Waals surface area (Å²) >= 11 is 0. The molecule has 0 saturated heterocycles. The Morgan fingerprint density at radius 1 is 1.21 bits per heavy atom. The van der Waals surface area contributed by atoms with Crippen LogP contribution in [0.15, 0.2) is 41.8 Å². The van der Waals surface area contributed by atoms with Gasteiger partial charge in [0.05, 0.1) is 0 Å². The number of aryl methyl sites for hydroxylation is 3. The summed E-state index contributed by atoms with van der Waals surface area (Å²) < 4.78 is 2.19. The highest BCUT2D eigenvalue weighted by Gasteiger charge is 2.04. The zero-order chi connectivity index (χ0) is 19.8. The van der Waals surface area contributed by atoms with E-state index in [9.17, 15) is 0 Å². The minimum absolute atomic E-state index is 0.829. The third-order valence-corrected chi connectivity index (χ3v) is 4.95. The molecule has 150 valence electrons. The zero-order valence-corrected chi connectivity index (χ0v) is 17.3. The van der Waals surface area contributed by atoms with Crippen LogP contribution in [0, 0.1) is 13.8 Å². The van der Waals surface area contributed by atoms with Crippen LogP contribution in [0.4, 0.5) is 0 Å². The maximum Gasteiger partial charge on any atom is 0.191 e. The molecule has 3 N–H and O–H groups in total. The number of guanidine groups is 1. The number of nitrogens with zero attached hydrogens (tertiary/aromatic N) is 3. The fourth-order valence-electron chi connectivity index (χ4n) is 3.39. The van der Waals surface area contributed by atoms with E-state index in [1.807, 2.05) is 19.3 Å². The van der Waals surface area contributed by atoms with Crippen LogP contribution in [0.25, 0.3) is 10.9 Å². The molecule has 0 aliphatic heterocycles. The maximum absolute atomic E-state index is 4.71. The van der Waals surface area contributed by atoms with Crippen molar-refractivity contribution in [2.75, 3.05) is 19.6 Å². The van der Waals surface area contributed by atoms with Gasteiger partial charge in [-0.15, -0.1) is 0 Å². The Balaban J connectivity index is 1.44. The van der Waals surface area contributed by atoms with Gasteiger partial charge in [0.1, 0.15) is 5.82 Å². The molecule has 0 aliphatic rings. The van der Waals surface area contributed by atoms with Gasteiger partial charge < -0.3 is 20.2 Å². The number of imidazole rings is 1. The van der Waals surface area contributed by atoms with Crippen molar-refractivity contribution in [1.82, 2.24) is 25.2 Å². The number of aliphatic imine (C=N–C) groups is 1. The Morgan fingerprint density at radius 2 is 2.11 bits per heavy atom. The summed E-state index contributed by atoms with van der Waals surface area (Å²) in [7, 11) is 0. The van der Waals surface area contributed by atoms with Crippen LogP contribution in [0.1, 0.15) is 36.7 Å². The first-order valence-electron chi connectivity index (χ1n) is 10.2. The number of aromatic nitrogens is 3. The van der Waals surface area contributed by atoms with E-state index >= 15 is 0 Å². The summed E-state index contributed by atoms with van der Waals surface area (Å²) in [5.74, 6) is 1.97. The van der Waals surface area contributed by atoms with Gasteiger partial charge in [-0.1, -0.05) is 12.1 Å². The number of hydrogen-bond donors (Lipinski definition) is 3. The molecule has 3 rings (SSSR count). The molecule has 0 unspecified atom stereocenters. The minimum Gasteiger partial charge on any atom is -0.361 e. The van der Waals surface area contributed by atoms with Crippen LogP contribution in [0.5, 0.6) is 0 Å². The lowest BCUT2D eigenvalue weighted by molar-refractivity contribution is 0.600. The quantitative estimate of drug-likeness (QED) is 0.302. The summed E-state index contributed by atoms with van der Waals surface area (Å²) in [6.07, 6.45) is 9.15. The van der Waals surface area contributed by atoms with Gasteiger partial charge in [-0.25, -0.2) is 4.98 Å². The van der Waals surface area contributed by atoms with Crippen LogP contribution >= 0.6 is 0 Å². The fourth-order valence-corrected chi connectivity index (χ4v) is 3.39. The van der Waals surface area contributed by atoms with Gasteiger partial charge in [0, 0.05) is 55.7 Å². The summed E-state index contributed by atoms with van der Waals surface area (Å²) in [5, 5.41) is 8.10. The number of unbranched alkanes of at least 4 members (excludes halogenated alkanes) is 1. The van der Waals surface area contributed by atoms with Gasteiger partial charge in [-0.3, -0.25) is 4.99 Å². The Hall–Kier alpha value is -2.76. The normalized spacial score (nSPS) is 11.9. The predicted octanol–water partition coefficient (Wildman–Crippen LogP) is 3.56. The Bertz CT molecular complexity index is 905. The van der Waals surface area contributed by atoms with Crippen LogP contribution in [0.2, 0.25) is 0 Å². The van der Waals surface area contributed by atoms with E-state index in [1.54, 1.807) is 0 Å². The number of rotatable bonds is 9. The number of aromatic amines is 1. The average Bonchev–Trinajstić information content (AvgIpc) is 3.27. The number of nitrogens with one attached hydrogen (secondary N) is 3. The second-order valence-corrected chi connectivity index (χ2v) is 7.18. The topological polar surface area (TPSA) is 70.0 Å². The molecule has 0 atom stereocenters. The zero-order valence-electron chi connectivity index (χ0n) is 17.3. The van der Waals surface area contributed by atoms with Crippen molar-refractivity contribution >= 4 is 16.9 Å². The van der Waals surface area contributed by atoms with E-state index < -0.39 is 0 Å². The maximum atomic E-state index is 4.71. The SMILES string of the molecule is CCNC(=NCCCCn1ccnc1C)NCCc1c[nH]c2cc(C)ccc12. The number of fused-ring (bicyclic) bond motifs is 1. The molecule has 0 aliphatic carbocycles. The molecule has 0 amide bonds. The highest BCUT2D eigenvalue weighted by molar-refractivity contribution is 5.84. The molecule has 0 saturated carbocycles. The van der Waals surface area contributed by atoms with Gasteiger partial charge in [0.15, 0.2) is 5.96 Å². The van der Waals surface area contributed by atoms with Crippen LogP contribution in [-0.4, -0.2) is 40.1 Å². The van der Waals surface area contributed by atoms with E-state index in [-0.39, 0.29) is 0 Å². The van der Waals surface area contributed by atoms with Crippen molar-refractivity contribution in [1.29, 1.82) is 0 Å². The molecule has 0 spiro atoms. The number of benzene rings is 1. The Morgan fingerprint density at radius 3 is 2.89 bits per heavy atom. The predicted molar refractivity (Wildman–Crippen MR) is 117 cm³/mol. The van der Waals surface area contributed by atoms with Gasteiger partial charge >= 0.3 is 0 Å². The third kappa shape index (κ3) is 5.38. The van der Waals surface area contributed by atoms with Crippen LogP contribution in [-0.2, 0) is 13.0 Å². The molecule has 28 heavy (non-hydrogen) atoms. The summed E-state index contributed by atoms with van der Waals surface area (Å²) in [4.78, 5) is 12.3. The number of hydrogen-bond acceptors (Lipinski definition) is 2. The monoisotopic (exact) mass is 380 g/mol. The first kappa shape index (κ1) is 20.0. The molecule has 1 aromatic carbocycles. The molecule has 2 heterocycles. The lowest BCUT2D eigenvalue weighted by Gasteiger charge is -2.11. The largest absolute Gasteiger partial charge is 0.361 e. The second-order valence-electron chi connectivity index (χ2n) is 7.18. The van der Waals surface area contributed by atoms with E-state index in [0.29, 0.717) is 0 Å². The van der Waals surface area contributed by atoms with E-state index in [0.717, 1.165) is 57.2 Å². The first-order chi connectivity index (χ1) is 13.7. The summed E-state index contributed by atoms with van der Waals surface area (Å²) in [6, 6.07) is 6.57. The third-order valence-electron chi connectivity index (χ3n) is 4.95. The standard InChI is InChI=1S/C22H32N6/c1-4-23-22(25-10-5-6-13-28-14-12-24-18(28)3)26-11-9-19-16-27-21-15-17(2)7-8-20(19)21/h7-8,12,14-16,27H,4-6,9-11,13H2,1-3H3,(H2,23,25,26). The summed E-state index contributed by atoms with van der Waals surface area (Å²) in [6.45, 7) is 9.83. The van der Waals surface area contributed by atoms with Gasteiger partial charge in [-0.05, 0) is 57.2 Å². The van der Waals surface area contributed by atoms with Crippen molar-refractivity contribution < 1.29 is 0 Å². The molecule has 0 bridgehead atoms. The average molecular weight is 381 g/mol. The smallest absolute Gasteiger partial charge is 0.191 e. The molecule has 6 nitrogen and oxygen atoms in total. The molecule has 2 aromatic heterocycles. The lowest BCUT2D eigenvalue weighted by atomic mass is 10.1. The van der Waals surface area contributed by atoms with Crippen LogP contribution < -0.4 is 10.6 Å². The highest BCUT2D eigenvalue weighted by Crippen LogP contribution is 2.19. The van der Waals surface area contributed by atoms with E-state index in [1.165, 1.54) is 22.0 Å². The molecule has 0 fully saturated rings. The molecule has 6 heteroatoms. The molecule has 0 radical (unpaired) electrons.